The number of nitrogens with one attached hydrogen (secondary N) is 1. The molecule has 78 valence electrons. The molecule has 1 aliphatic rings. The van der Waals surface area contributed by atoms with Crippen molar-refractivity contribution in [3.05, 3.63) is 11.6 Å². The van der Waals surface area contributed by atoms with Crippen LogP contribution in [0.3, 0.4) is 0 Å². The van der Waals surface area contributed by atoms with Crippen molar-refractivity contribution in [1.82, 2.24) is 15.2 Å². The fraction of sp³-hybridized carbons (Fsp3) is 0.778. The summed E-state index contributed by atoms with van der Waals surface area (Å²) < 4.78 is 5.27. The number of hydrogen-bond acceptors (Lipinski definition) is 4. The van der Waals surface area contributed by atoms with E-state index in [0.29, 0.717) is 13.2 Å². The van der Waals surface area contributed by atoms with Crippen molar-refractivity contribution in [2.75, 3.05) is 13.2 Å². The van der Waals surface area contributed by atoms with Gasteiger partial charge in [-0.3, -0.25) is 5.10 Å². The van der Waals surface area contributed by atoms with E-state index in [1.807, 2.05) is 0 Å². The smallest absolute Gasteiger partial charge is 0.157 e. The van der Waals surface area contributed by atoms with E-state index in [2.05, 4.69) is 22.1 Å². The maximum absolute atomic E-state index is 5.88. The van der Waals surface area contributed by atoms with Gasteiger partial charge in [0.05, 0.1) is 19.1 Å². The second kappa shape index (κ2) is 4.06. The molecule has 0 aliphatic carbocycles. The molecule has 2 rings (SSSR count). The van der Waals surface area contributed by atoms with Gasteiger partial charge in [0.2, 0.25) is 0 Å². The molecule has 2 atom stereocenters. The van der Waals surface area contributed by atoms with Gasteiger partial charge in [-0.15, -0.1) is 0 Å². The van der Waals surface area contributed by atoms with Gasteiger partial charge in [0.1, 0.15) is 5.82 Å². The molecule has 1 aromatic heterocycles. The minimum absolute atomic E-state index is 0.0419. The molecule has 0 saturated carbocycles. The highest BCUT2D eigenvalue weighted by atomic mass is 16.5. The molecular weight excluding hydrogens is 180 g/mol. The van der Waals surface area contributed by atoms with Crippen LogP contribution < -0.4 is 5.73 Å². The zero-order valence-corrected chi connectivity index (χ0v) is 8.36. The Balaban J connectivity index is 2.08. The molecule has 1 saturated heterocycles. The fourth-order valence-corrected chi connectivity index (χ4v) is 1.66. The van der Waals surface area contributed by atoms with E-state index in [9.17, 15) is 0 Å². The molecule has 0 spiro atoms. The van der Waals surface area contributed by atoms with Crippen molar-refractivity contribution in [3.63, 3.8) is 0 Å². The molecule has 2 unspecified atom stereocenters. The van der Waals surface area contributed by atoms with Gasteiger partial charge in [-0.1, -0.05) is 6.92 Å². The minimum atomic E-state index is 0.0419. The Morgan fingerprint density at radius 1 is 1.57 bits per heavy atom. The number of aromatic amines is 1. The molecular formula is C9H16N4O. The lowest BCUT2D eigenvalue weighted by atomic mass is 10.0. The zero-order valence-electron chi connectivity index (χ0n) is 8.36. The van der Waals surface area contributed by atoms with Crippen molar-refractivity contribution >= 4 is 0 Å². The van der Waals surface area contributed by atoms with Gasteiger partial charge in [-0.2, -0.15) is 5.10 Å². The van der Waals surface area contributed by atoms with Crippen LogP contribution in [0.25, 0.3) is 0 Å². The standard InChI is InChI=1S/C9H16N4O/c1-2-3-8-11-9(13-12-8)6-4-14-5-7(6)10/h6-7H,2-5,10H2,1H3,(H,11,12,13). The van der Waals surface area contributed by atoms with Crippen LogP contribution in [-0.2, 0) is 11.2 Å². The molecule has 0 bridgehead atoms. The number of nitrogens with zero attached hydrogens (tertiary/aromatic N) is 2. The van der Waals surface area contributed by atoms with Crippen molar-refractivity contribution < 1.29 is 4.74 Å². The number of rotatable bonds is 3. The lowest BCUT2D eigenvalue weighted by Gasteiger charge is -2.07. The first-order valence-electron chi connectivity index (χ1n) is 5.05. The lowest BCUT2D eigenvalue weighted by Crippen LogP contribution is -2.27. The van der Waals surface area contributed by atoms with E-state index in [0.717, 1.165) is 24.5 Å². The van der Waals surface area contributed by atoms with Gasteiger partial charge in [-0.25, -0.2) is 4.98 Å². The van der Waals surface area contributed by atoms with E-state index < -0.39 is 0 Å². The van der Waals surface area contributed by atoms with Gasteiger partial charge < -0.3 is 10.5 Å². The summed E-state index contributed by atoms with van der Waals surface area (Å²) in [6.07, 6.45) is 2.01. The average Bonchev–Trinajstić information content (AvgIpc) is 2.74. The van der Waals surface area contributed by atoms with E-state index in [-0.39, 0.29) is 12.0 Å². The SMILES string of the molecule is CCCc1nc(C2COCC2N)n[nH]1. The van der Waals surface area contributed by atoms with Crippen molar-refractivity contribution in [2.24, 2.45) is 5.73 Å². The largest absolute Gasteiger partial charge is 0.379 e. The third-order valence-electron chi connectivity index (χ3n) is 2.49. The predicted molar refractivity (Wildman–Crippen MR) is 51.9 cm³/mol. The van der Waals surface area contributed by atoms with Crippen LogP contribution in [0.2, 0.25) is 0 Å². The van der Waals surface area contributed by atoms with Crippen molar-refractivity contribution in [1.29, 1.82) is 0 Å². The highest BCUT2D eigenvalue weighted by molar-refractivity contribution is 5.04. The number of aromatic nitrogens is 3. The van der Waals surface area contributed by atoms with Crippen LogP contribution in [0.5, 0.6) is 0 Å². The molecule has 1 aliphatic heterocycles. The number of H-pyrrole nitrogens is 1. The Bertz CT molecular complexity index is 299. The molecule has 0 aromatic carbocycles. The fourth-order valence-electron chi connectivity index (χ4n) is 1.66. The molecule has 2 heterocycles. The summed E-state index contributed by atoms with van der Waals surface area (Å²) in [5, 5.41) is 7.10. The molecule has 5 heteroatoms. The van der Waals surface area contributed by atoms with E-state index in [1.54, 1.807) is 0 Å². The number of aryl methyl sites for hydroxylation is 1. The van der Waals surface area contributed by atoms with Crippen LogP contribution in [0.1, 0.15) is 30.9 Å². The second-order valence-electron chi connectivity index (χ2n) is 3.70. The Hall–Kier alpha value is -0.940. The number of hydrogen-bond donors (Lipinski definition) is 2. The summed E-state index contributed by atoms with van der Waals surface area (Å²) in [4.78, 5) is 4.41. The first-order valence-corrected chi connectivity index (χ1v) is 5.05. The Morgan fingerprint density at radius 3 is 3.07 bits per heavy atom. The summed E-state index contributed by atoms with van der Waals surface area (Å²) in [7, 11) is 0. The average molecular weight is 196 g/mol. The molecule has 5 nitrogen and oxygen atoms in total. The summed E-state index contributed by atoms with van der Waals surface area (Å²) in [5.74, 6) is 1.91. The van der Waals surface area contributed by atoms with Gasteiger partial charge in [-0.05, 0) is 6.42 Å². The van der Waals surface area contributed by atoms with Crippen molar-refractivity contribution in [2.45, 2.75) is 31.7 Å². The molecule has 0 amide bonds. The topological polar surface area (TPSA) is 76.8 Å². The molecule has 14 heavy (non-hydrogen) atoms. The molecule has 0 radical (unpaired) electrons. The lowest BCUT2D eigenvalue weighted by molar-refractivity contribution is 0.190. The van der Waals surface area contributed by atoms with Crippen molar-refractivity contribution in [3.8, 4) is 0 Å². The Labute approximate surface area is 83.1 Å². The second-order valence-corrected chi connectivity index (χ2v) is 3.70. The zero-order chi connectivity index (χ0) is 9.97. The van der Waals surface area contributed by atoms with E-state index in [1.165, 1.54) is 0 Å². The Kier molecular flexibility index (Phi) is 2.79. The molecule has 1 fully saturated rings. The summed E-state index contributed by atoms with van der Waals surface area (Å²) >= 11 is 0. The Morgan fingerprint density at radius 2 is 2.43 bits per heavy atom. The minimum Gasteiger partial charge on any atom is -0.379 e. The van der Waals surface area contributed by atoms with Gasteiger partial charge in [0, 0.05) is 12.5 Å². The summed E-state index contributed by atoms with van der Waals surface area (Å²) in [5.41, 5.74) is 5.88. The van der Waals surface area contributed by atoms with Gasteiger partial charge in [0.25, 0.3) is 0 Å². The third kappa shape index (κ3) is 1.78. The third-order valence-corrected chi connectivity index (χ3v) is 2.49. The van der Waals surface area contributed by atoms with Crippen LogP contribution in [0, 0.1) is 0 Å². The quantitative estimate of drug-likeness (QED) is 0.724. The van der Waals surface area contributed by atoms with Crippen LogP contribution in [0.4, 0.5) is 0 Å². The maximum atomic E-state index is 5.88. The number of nitrogens with two attached hydrogens (primary N) is 1. The van der Waals surface area contributed by atoms with Crippen LogP contribution in [0.15, 0.2) is 0 Å². The molecule has 1 aromatic rings. The summed E-state index contributed by atoms with van der Waals surface area (Å²) in [6, 6.07) is 0.0419. The normalized spacial score (nSPS) is 27.0. The number of ether oxygens (including phenoxy) is 1. The highest BCUT2D eigenvalue weighted by Gasteiger charge is 2.29. The molecule has 3 N–H and O–H groups in total. The summed E-state index contributed by atoms with van der Waals surface area (Å²) in [6.45, 7) is 3.37. The van der Waals surface area contributed by atoms with Crippen LogP contribution in [-0.4, -0.2) is 34.4 Å². The maximum Gasteiger partial charge on any atom is 0.157 e. The van der Waals surface area contributed by atoms with Crippen LogP contribution >= 0.6 is 0 Å². The van der Waals surface area contributed by atoms with Gasteiger partial charge >= 0.3 is 0 Å². The first-order chi connectivity index (χ1) is 6.81. The monoisotopic (exact) mass is 196 g/mol. The highest BCUT2D eigenvalue weighted by Crippen LogP contribution is 2.21. The predicted octanol–water partition coefficient (Wildman–Crippen LogP) is 0.198. The van der Waals surface area contributed by atoms with Gasteiger partial charge in [0.15, 0.2) is 5.82 Å². The van der Waals surface area contributed by atoms with E-state index in [4.69, 9.17) is 10.5 Å². The first kappa shape index (κ1) is 9.61. The van der Waals surface area contributed by atoms with E-state index >= 15 is 0 Å².